The number of urea groups is 1. The molecule has 3 N–H and O–H groups in total. The zero-order valence-corrected chi connectivity index (χ0v) is 18.6. The van der Waals surface area contributed by atoms with Crippen LogP contribution in [0.3, 0.4) is 0 Å². The Hall–Kier alpha value is -3.72. The first-order valence-corrected chi connectivity index (χ1v) is 11.0. The molecule has 0 aliphatic rings. The van der Waals surface area contributed by atoms with Gasteiger partial charge in [-0.3, -0.25) is 10.1 Å². The molecule has 0 unspecified atom stereocenters. The number of nitrogens with zero attached hydrogens (tertiary/aromatic N) is 1. The third-order valence-electron chi connectivity index (χ3n) is 4.38. The lowest BCUT2D eigenvalue weighted by Gasteiger charge is -2.06. The Kier molecular flexibility index (Phi) is 7.93. The van der Waals surface area contributed by atoms with Crippen LogP contribution in [0.1, 0.15) is 46.2 Å². The van der Waals surface area contributed by atoms with E-state index in [1.165, 1.54) is 0 Å². The molecular formula is C23H24N4O4S. The van der Waals surface area contributed by atoms with Gasteiger partial charge in [0.05, 0.1) is 12.2 Å². The maximum Gasteiger partial charge on any atom is 0.338 e. The highest BCUT2D eigenvalue weighted by Gasteiger charge is 2.14. The second kappa shape index (κ2) is 11.1. The van der Waals surface area contributed by atoms with Crippen molar-refractivity contribution < 1.29 is 19.1 Å². The first kappa shape index (κ1) is 23.0. The van der Waals surface area contributed by atoms with Crippen LogP contribution in [0.25, 0.3) is 0 Å². The second-order valence-corrected chi connectivity index (χ2v) is 7.86. The summed E-state index contributed by atoms with van der Waals surface area (Å²) in [5.74, 6) is -0.818. The van der Waals surface area contributed by atoms with E-state index in [2.05, 4.69) is 20.9 Å². The zero-order chi connectivity index (χ0) is 22.9. The van der Waals surface area contributed by atoms with Gasteiger partial charge in [0.15, 0.2) is 5.13 Å². The van der Waals surface area contributed by atoms with Crippen LogP contribution in [0.4, 0.5) is 21.3 Å². The van der Waals surface area contributed by atoms with Crippen LogP contribution in [0.15, 0.2) is 53.9 Å². The predicted molar refractivity (Wildman–Crippen MR) is 126 cm³/mol. The van der Waals surface area contributed by atoms with Crippen molar-refractivity contribution >= 4 is 45.8 Å². The summed E-state index contributed by atoms with van der Waals surface area (Å²) in [6.45, 7) is 4.37. The number of rotatable bonds is 8. The van der Waals surface area contributed by atoms with Crippen molar-refractivity contribution in [2.24, 2.45) is 0 Å². The molecular weight excluding hydrogens is 428 g/mol. The fourth-order valence-corrected chi connectivity index (χ4v) is 3.29. The lowest BCUT2D eigenvalue weighted by Crippen LogP contribution is -2.19. The van der Waals surface area contributed by atoms with Crippen molar-refractivity contribution in [2.75, 3.05) is 22.6 Å². The minimum absolute atomic E-state index is 0.170. The van der Waals surface area contributed by atoms with E-state index >= 15 is 0 Å². The molecule has 0 aliphatic carbocycles. The van der Waals surface area contributed by atoms with E-state index in [-0.39, 0.29) is 5.69 Å². The van der Waals surface area contributed by atoms with Crippen LogP contribution in [-0.4, -0.2) is 29.5 Å². The van der Waals surface area contributed by atoms with Gasteiger partial charge in [-0.05, 0) is 49.7 Å². The van der Waals surface area contributed by atoms with Gasteiger partial charge in [-0.25, -0.2) is 14.6 Å². The molecule has 1 heterocycles. The molecule has 3 amide bonds. The van der Waals surface area contributed by atoms with Gasteiger partial charge < -0.3 is 15.4 Å². The number of benzene rings is 2. The van der Waals surface area contributed by atoms with Crippen molar-refractivity contribution in [3.8, 4) is 0 Å². The smallest absolute Gasteiger partial charge is 0.338 e. The number of carbonyl (C=O) groups excluding carboxylic acids is 3. The zero-order valence-electron chi connectivity index (χ0n) is 17.8. The number of anilines is 3. The summed E-state index contributed by atoms with van der Waals surface area (Å²) >= 11 is 1.14. The van der Waals surface area contributed by atoms with Gasteiger partial charge in [0.25, 0.3) is 5.91 Å². The highest BCUT2D eigenvalue weighted by Crippen LogP contribution is 2.18. The van der Waals surface area contributed by atoms with Crippen molar-refractivity contribution in [1.82, 2.24) is 4.98 Å². The Bertz CT molecular complexity index is 1080. The molecule has 0 spiro atoms. The van der Waals surface area contributed by atoms with E-state index in [4.69, 9.17) is 4.74 Å². The number of aromatic nitrogens is 1. The van der Waals surface area contributed by atoms with Gasteiger partial charge in [0, 0.05) is 16.8 Å². The normalized spacial score (nSPS) is 10.3. The summed E-state index contributed by atoms with van der Waals surface area (Å²) in [4.78, 5) is 40.6. The van der Waals surface area contributed by atoms with Crippen LogP contribution < -0.4 is 16.0 Å². The molecule has 0 atom stereocenters. The van der Waals surface area contributed by atoms with Crippen molar-refractivity contribution in [3.63, 3.8) is 0 Å². The molecule has 166 valence electrons. The molecule has 8 nitrogen and oxygen atoms in total. The Morgan fingerprint density at radius 2 is 1.59 bits per heavy atom. The number of nitrogens with one attached hydrogen (secondary N) is 3. The third kappa shape index (κ3) is 6.64. The van der Waals surface area contributed by atoms with Gasteiger partial charge in [0.1, 0.15) is 5.69 Å². The van der Waals surface area contributed by atoms with Crippen LogP contribution in [0.5, 0.6) is 0 Å². The third-order valence-corrected chi connectivity index (χ3v) is 5.13. The first-order chi connectivity index (χ1) is 15.4. The largest absolute Gasteiger partial charge is 0.462 e. The summed E-state index contributed by atoms with van der Waals surface area (Å²) in [5, 5.41) is 9.88. The van der Waals surface area contributed by atoms with E-state index in [1.807, 2.05) is 26.0 Å². The average Bonchev–Trinajstić information content (AvgIpc) is 3.24. The van der Waals surface area contributed by atoms with Crippen molar-refractivity contribution in [1.29, 1.82) is 0 Å². The highest BCUT2D eigenvalue weighted by molar-refractivity contribution is 7.14. The van der Waals surface area contributed by atoms with E-state index in [9.17, 15) is 14.4 Å². The van der Waals surface area contributed by atoms with Crippen molar-refractivity contribution in [2.45, 2.75) is 26.7 Å². The summed E-state index contributed by atoms with van der Waals surface area (Å²) in [6.07, 6.45) is 1.77. The second-order valence-electron chi connectivity index (χ2n) is 7.00. The van der Waals surface area contributed by atoms with E-state index < -0.39 is 17.9 Å². The van der Waals surface area contributed by atoms with E-state index in [1.54, 1.807) is 41.8 Å². The van der Waals surface area contributed by atoms with Crippen LogP contribution in [0, 0.1) is 6.92 Å². The Morgan fingerprint density at radius 3 is 2.28 bits per heavy atom. The monoisotopic (exact) mass is 452 g/mol. The van der Waals surface area contributed by atoms with Crippen LogP contribution >= 0.6 is 11.3 Å². The van der Waals surface area contributed by atoms with E-state index in [0.717, 1.165) is 29.7 Å². The molecule has 0 saturated carbocycles. The number of aryl methyl sites for hydroxylation is 1. The number of hydrogen-bond acceptors (Lipinski definition) is 6. The standard InChI is InChI=1S/C23H24N4O4S/c1-3-4-13-31-21(29)16-7-11-17(12-8-16)24-20(28)19-14-32-23(26-19)27-22(30)25-18-9-5-15(2)6-10-18/h5-12,14H,3-4,13H2,1-2H3,(H,24,28)(H2,25,26,27,30). The summed E-state index contributed by atoms with van der Waals surface area (Å²) in [7, 11) is 0. The topological polar surface area (TPSA) is 109 Å². The highest BCUT2D eigenvalue weighted by atomic mass is 32.1. The molecule has 2 aromatic carbocycles. The van der Waals surface area contributed by atoms with Gasteiger partial charge in [0.2, 0.25) is 0 Å². The number of unbranched alkanes of at least 4 members (excludes halogenated alkanes) is 1. The minimum atomic E-state index is -0.448. The molecule has 3 aromatic rings. The molecule has 0 saturated heterocycles. The first-order valence-electron chi connectivity index (χ1n) is 10.1. The molecule has 9 heteroatoms. The SMILES string of the molecule is CCCCOC(=O)c1ccc(NC(=O)c2csc(NC(=O)Nc3ccc(C)cc3)n2)cc1. The summed E-state index contributed by atoms with van der Waals surface area (Å²) in [5.41, 5.74) is 2.84. The lowest BCUT2D eigenvalue weighted by atomic mass is 10.2. The molecule has 0 aliphatic heterocycles. The number of hydrogen-bond donors (Lipinski definition) is 3. The number of carbonyl (C=O) groups is 3. The molecule has 3 rings (SSSR count). The van der Waals surface area contributed by atoms with Crippen LogP contribution in [0.2, 0.25) is 0 Å². The number of amides is 3. The molecule has 32 heavy (non-hydrogen) atoms. The Labute approximate surface area is 190 Å². The number of thiazole rings is 1. The van der Waals surface area contributed by atoms with Crippen LogP contribution in [-0.2, 0) is 4.74 Å². The molecule has 0 fully saturated rings. The van der Waals surface area contributed by atoms with Gasteiger partial charge >= 0.3 is 12.0 Å². The van der Waals surface area contributed by atoms with Gasteiger partial charge in [-0.2, -0.15) is 0 Å². The number of esters is 1. The molecule has 0 radical (unpaired) electrons. The van der Waals surface area contributed by atoms with E-state index in [0.29, 0.717) is 28.7 Å². The van der Waals surface area contributed by atoms with Gasteiger partial charge in [-0.1, -0.05) is 31.0 Å². The fourth-order valence-electron chi connectivity index (χ4n) is 2.61. The predicted octanol–water partition coefficient (Wildman–Crippen LogP) is 5.30. The minimum Gasteiger partial charge on any atom is -0.462 e. The fraction of sp³-hybridized carbons (Fsp3) is 0.217. The molecule has 0 bridgehead atoms. The summed E-state index contributed by atoms with van der Waals surface area (Å²) in [6, 6.07) is 13.4. The summed E-state index contributed by atoms with van der Waals surface area (Å²) < 4.78 is 5.16. The number of ether oxygens (including phenoxy) is 1. The molecule has 1 aromatic heterocycles. The van der Waals surface area contributed by atoms with Gasteiger partial charge in [-0.15, -0.1) is 11.3 Å². The average molecular weight is 453 g/mol. The Balaban J connectivity index is 1.52. The Morgan fingerprint density at radius 1 is 0.938 bits per heavy atom. The lowest BCUT2D eigenvalue weighted by molar-refractivity contribution is 0.0499. The maximum absolute atomic E-state index is 12.4. The van der Waals surface area contributed by atoms with Crippen molar-refractivity contribution in [3.05, 3.63) is 70.7 Å². The quantitative estimate of drug-likeness (QED) is 0.317. The maximum atomic E-state index is 12.4.